The average Bonchev–Trinajstić information content (AvgIpc) is 2.38. The van der Waals surface area contributed by atoms with E-state index in [1.165, 1.54) is 41.8 Å². The molecular weight excluding hydrogens is 276 g/mol. The first-order valence-electron chi connectivity index (χ1n) is 6.04. The molecule has 0 fully saturated rings. The smallest absolute Gasteiger partial charge is 0.337 e. The maximum atomic E-state index is 12.1. The maximum absolute atomic E-state index is 12.1. The van der Waals surface area contributed by atoms with Crippen LogP contribution in [0.3, 0.4) is 0 Å². The Bertz CT molecular complexity index is 790. The van der Waals surface area contributed by atoms with Gasteiger partial charge in [0.05, 0.1) is 10.5 Å². The van der Waals surface area contributed by atoms with Gasteiger partial charge >= 0.3 is 5.97 Å². The van der Waals surface area contributed by atoms with E-state index in [9.17, 15) is 24.8 Å². The summed E-state index contributed by atoms with van der Waals surface area (Å²) in [6.45, 7) is 3.08. The van der Waals surface area contributed by atoms with Crippen LogP contribution in [0.15, 0.2) is 35.1 Å². The van der Waals surface area contributed by atoms with Crippen LogP contribution in [0, 0.1) is 24.0 Å². The van der Waals surface area contributed by atoms with Crippen molar-refractivity contribution in [1.82, 2.24) is 4.57 Å². The third-order valence-electron chi connectivity index (χ3n) is 3.18. The van der Waals surface area contributed by atoms with E-state index in [2.05, 4.69) is 0 Å². The summed E-state index contributed by atoms with van der Waals surface area (Å²) in [5.41, 5.74) is 0.599. The monoisotopic (exact) mass is 288 g/mol. The number of aromatic carboxylic acids is 1. The Balaban J connectivity index is 2.69. The second-order valence-corrected chi connectivity index (χ2v) is 4.54. The van der Waals surface area contributed by atoms with Gasteiger partial charge < -0.3 is 5.11 Å². The molecule has 0 aliphatic heterocycles. The molecule has 0 bridgehead atoms. The third-order valence-corrected chi connectivity index (χ3v) is 3.18. The highest BCUT2D eigenvalue weighted by atomic mass is 16.6. The molecule has 0 unspecified atom stereocenters. The number of aryl methyl sites for hydroxylation is 1. The van der Waals surface area contributed by atoms with Crippen LogP contribution in [0.2, 0.25) is 0 Å². The van der Waals surface area contributed by atoms with Crippen molar-refractivity contribution in [3.8, 4) is 5.69 Å². The highest BCUT2D eigenvalue weighted by Crippen LogP contribution is 2.18. The van der Waals surface area contributed by atoms with Gasteiger partial charge in [0.25, 0.3) is 11.2 Å². The molecule has 2 rings (SSSR count). The topological polar surface area (TPSA) is 102 Å². The van der Waals surface area contributed by atoms with E-state index in [1.807, 2.05) is 0 Å². The molecule has 2 aromatic rings. The molecule has 0 saturated heterocycles. The van der Waals surface area contributed by atoms with Gasteiger partial charge in [0.15, 0.2) is 0 Å². The van der Waals surface area contributed by atoms with Crippen molar-refractivity contribution in [2.24, 2.45) is 0 Å². The molecule has 0 spiro atoms. The van der Waals surface area contributed by atoms with Crippen molar-refractivity contribution < 1.29 is 14.8 Å². The lowest BCUT2D eigenvalue weighted by Gasteiger charge is -2.13. The number of aromatic nitrogens is 1. The first-order chi connectivity index (χ1) is 9.82. The van der Waals surface area contributed by atoms with E-state index in [4.69, 9.17) is 0 Å². The molecule has 21 heavy (non-hydrogen) atoms. The minimum absolute atomic E-state index is 0.0490. The van der Waals surface area contributed by atoms with Gasteiger partial charge in [0, 0.05) is 29.6 Å². The highest BCUT2D eigenvalue weighted by Gasteiger charge is 2.17. The number of carbonyl (C=O) groups is 1. The summed E-state index contributed by atoms with van der Waals surface area (Å²) in [4.78, 5) is 33.5. The molecule has 0 atom stereocenters. The van der Waals surface area contributed by atoms with Gasteiger partial charge in [0.2, 0.25) is 0 Å². The minimum atomic E-state index is -1.12. The Kier molecular flexibility index (Phi) is 3.58. The van der Waals surface area contributed by atoms with Crippen LogP contribution in [-0.4, -0.2) is 20.6 Å². The van der Waals surface area contributed by atoms with Gasteiger partial charge in [-0.05, 0) is 31.5 Å². The van der Waals surface area contributed by atoms with Crippen molar-refractivity contribution in [3.63, 3.8) is 0 Å². The van der Waals surface area contributed by atoms with Crippen LogP contribution in [0.4, 0.5) is 5.69 Å². The molecule has 0 radical (unpaired) electrons. The van der Waals surface area contributed by atoms with Crippen LogP contribution >= 0.6 is 0 Å². The fourth-order valence-corrected chi connectivity index (χ4v) is 2.25. The first-order valence-corrected chi connectivity index (χ1v) is 6.04. The van der Waals surface area contributed by atoms with E-state index in [1.54, 1.807) is 6.92 Å². The van der Waals surface area contributed by atoms with Gasteiger partial charge in [-0.2, -0.15) is 0 Å². The number of non-ortho nitro benzene ring substituents is 1. The number of rotatable bonds is 3. The predicted octanol–water partition coefficient (Wildman–Crippen LogP) is 2.06. The number of pyridine rings is 1. The van der Waals surface area contributed by atoms with Gasteiger partial charge in [0.1, 0.15) is 0 Å². The van der Waals surface area contributed by atoms with Gasteiger partial charge in [-0.15, -0.1) is 0 Å². The molecular formula is C14H12N2O5. The molecule has 1 N–H and O–H groups in total. The molecule has 7 heteroatoms. The summed E-state index contributed by atoms with van der Waals surface area (Å²) in [5, 5.41) is 19.9. The molecule has 0 saturated carbocycles. The summed E-state index contributed by atoms with van der Waals surface area (Å²) < 4.78 is 1.22. The van der Waals surface area contributed by atoms with Crippen molar-refractivity contribution in [2.75, 3.05) is 0 Å². The van der Waals surface area contributed by atoms with E-state index in [-0.39, 0.29) is 22.5 Å². The van der Waals surface area contributed by atoms with Gasteiger partial charge in [-0.3, -0.25) is 19.5 Å². The Morgan fingerprint density at radius 1 is 1.24 bits per heavy atom. The molecule has 0 amide bonds. The van der Waals surface area contributed by atoms with Crippen LogP contribution in [0.5, 0.6) is 0 Å². The number of nitrogens with zero attached hydrogens (tertiary/aromatic N) is 2. The number of nitro groups is 1. The Hall–Kier alpha value is -2.96. The minimum Gasteiger partial charge on any atom is -0.478 e. The van der Waals surface area contributed by atoms with E-state index < -0.39 is 10.9 Å². The Labute approximate surface area is 119 Å². The quantitative estimate of drug-likeness (QED) is 0.687. The fraction of sp³-hybridized carbons (Fsp3) is 0.143. The van der Waals surface area contributed by atoms with Crippen LogP contribution in [0.25, 0.3) is 5.69 Å². The summed E-state index contributed by atoms with van der Waals surface area (Å²) >= 11 is 0. The molecule has 1 aromatic carbocycles. The molecule has 7 nitrogen and oxygen atoms in total. The number of nitro benzene ring substituents is 1. The van der Waals surface area contributed by atoms with E-state index in [0.29, 0.717) is 11.3 Å². The van der Waals surface area contributed by atoms with E-state index in [0.717, 1.165) is 0 Å². The van der Waals surface area contributed by atoms with Crippen molar-refractivity contribution in [3.05, 3.63) is 67.6 Å². The number of hydrogen-bond acceptors (Lipinski definition) is 4. The van der Waals surface area contributed by atoms with Crippen molar-refractivity contribution >= 4 is 11.7 Å². The lowest BCUT2D eigenvalue weighted by Crippen LogP contribution is -2.24. The standard InChI is InChI=1S/C14H12N2O5/c1-8-7-12(17)15(9(2)13(8)14(18)19)10-3-5-11(6-4-10)16(20)21/h3-7H,1-2H3,(H,18,19). The summed E-state index contributed by atoms with van der Waals surface area (Å²) in [6, 6.07) is 6.59. The third kappa shape index (κ3) is 2.53. The molecule has 0 aliphatic carbocycles. The Morgan fingerprint density at radius 3 is 2.29 bits per heavy atom. The lowest BCUT2D eigenvalue weighted by atomic mass is 10.1. The first kappa shape index (κ1) is 14.4. The lowest BCUT2D eigenvalue weighted by molar-refractivity contribution is -0.384. The normalized spacial score (nSPS) is 10.4. The number of benzene rings is 1. The number of carboxylic acids is 1. The molecule has 108 valence electrons. The van der Waals surface area contributed by atoms with E-state index >= 15 is 0 Å². The highest BCUT2D eigenvalue weighted by molar-refractivity contribution is 5.90. The summed E-state index contributed by atoms with van der Waals surface area (Å²) in [6.07, 6.45) is 0. The van der Waals surface area contributed by atoms with Crippen LogP contribution < -0.4 is 5.56 Å². The van der Waals surface area contributed by atoms with Crippen molar-refractivity contribution in [1.29, 1.82) is 0 Å². The van der Waals surface area contributed by atoms with Crippen molar-refractivity contribution in [2.45, 2.75) is 13.8 Å². The molecule has 0 aliphatic rings. The average molecular weight is 288 g/mol. The van der Waals surface area contributed by atoms with Crippen LogP contribution in [-0.2, 0) is 0 Å². The van der Waals surface area contributed by atoms with Gasteiger partial charge in [-0.1, -0.05) is 0 Å². The summed E-state index contributed by atoms with van der Waals surface area (Å²) in [5.74, 6) is -1.12. The maximum Gasteiger partial charge on any atom is 0.337 e. The molecule has 1 aromatic heterocycles. The number of carboxylic acid groups (broad SMARTS) is 1. The molecule has 1 heterocycles. The zero-order valence-electron chi connectivity index (χ0n) is 11.4. The summed E-state index contributed by atoms with van der Waals surface area (Å²) in [7, 11) is 0. The second kappa shape index (κ2) is 5.20. The number of hydrogen-bond donors (Lipinski definition) is 1. The largest absolute Gasteiger partial charge is 0.478 e. The zero-order chi connectivity index (χ0) is 15.7. The van der Waals surface area contributed by atoms with Crippen LogP contribution in [0.1, 0.15) is 21.6 Å². The predicted molar refractivity (Wildman–Crippen MR) is 75.1 cm³/mol. The zero-order valence-corrected chi connectivity index (χ0v) is 11.4. The second-order valence-electron chi connectivity index (χ2n) is 4.54. The SMILES string of the molecule is Cc1cc(=O)n(-c2ccc([N+](=O)[O-])cc2)c(C)c1C(=O)O. The van der Waals surface area contributed by atoms with Gasteiger partial charge in [-0.25, -0.2) is 4.79 Å². The Morgan fingerprint density at radius 2 is 1.81 bits per heavy atom. The fourth-order valence-electron chi connectivity index (χ4n) is 2.25.